The normalized spacial score (nSPS) is 10.6. The molecule has 98 valence electrons. The number of benzene rings is 1. The van der Waals surface area contributed by atoms with E-state index in [1.54, 1.807) is 30.5 Å². The first kappa shape index (κ1) is 13.0. The fourth-order valence-corrected chi connectivity index (χ4v) is 1.74. The average molecular weight is 258 g/mol. The van der Waals surface area contributed by atoms with Crippen LogP contribution in [0.15, 0.2) is 41.0 Å². The molecule has 2 rings (SSSR count). The summed E-state index contributed by atoms with van der Waals surface area (Å²) in [6.07, 6.45) is 5.15. The van der Waals surface area contributed by atoms with E-state index in [9.17, 15) is 4.79 Å². The third-order valence-corrected chi connectivity index (χ3v) is 2.64. The van der Waals surface area contributed by atoms with E-state index in [1.807, 2.05) is 18.2 Å². The van der Waals surface area contributed by atoms with E-state index in [1.165, 1.54) is 14.2 Å². The quantitative estimate of drug-likeness (QED) is 0.790. The van der Waals surface area contributed by atoms with Crippen LogP contribution in [0.4, 0.5) is 0 Å². The van der Waals surface area contributed by atoms with Crippen LogP contribution in [0.2, 0.25) is 0 Å². The predicted octanol–water partition coefficient (Wildman–Crippen LogP) is 3.25. The van der Waals surface area contributed by atoms with Crippen LogP contribution in [0.1, 0.15) is 21.7 Å². The molecule has 0 aliphatic carbocycles. The van der Waals surface area contributed by atoms with Crippen LogP contribution in [0.3, 0.4) is 0 Å². The number of esters is 1. The van der Waals surface area contributed by atoms with Gasteiger partial charge in [0.1, 0.15) is 17.1 Å². The first-order valence-corrected chi connectivity index (χ1v) is 5.73. The lowest BCUT2D eigenvalue weighted by atomic mass is 10.1. The highest BCUT2D eigenvalue weighted by Gasteiger charge is 2.16. The zero-order valence-corrected chi connectivity index (χ0v) is 10.8. The molecule has 4 nitrogen and oxygen atoms in total. The number of rotatable bonds is 4. The van der Waals surface area contributed by atoms with Crippen LogP contribution >= 0.6 is 0 Å². The van der Waals surface area contributed by atoms with Gasteiger partial charge in [-0.2, -0.15) is 0 Å². The Labute approximate surface area is 111 Å². The number of furan rings is 1. The van der Waals surface area contributed by atoms with Crippen molar-refractivity contribution < 1.29 is 18.7 Å². The van der Waals surface area contributed by atoms with Gasteiger partial charge in [-0.25, -0.2) is 4.79 Å². The molecule has 1 aromatic heterocycles. The van der Waals surface area contributed by atoms with Gasteiger partial charge in [-0.15, -0.1) is 0 Å². The Morgan fingerprint density at radius 3 is 2.63 bits per heavy atom. The van der Waals surface area contributed by atoms with Gasteiger partial charge in [-0.1, -0.05) is 18.2 Å². The van der Waals surface area contributed by atoms with Crippen molar-refractivity contribution in [3.8, 4) is 5.75 Å². The Morgan fingerprint density at radius 2 is 2.00 bits per heavy atom. The molecule has 0 N–H and O–H groups in total. The lowest BCUT2D eigenvalue weighted by molar-refractivity contribution is 0.0597. The lowest BCUT2D eigenvalue weighted by Crippen LogP contribution is -2.06. The Kier molecular flexibility index (Phi) is 4.03. The fourth-order valence-electron chi connectivity index (χ4n) is 1.74. The molecule has 0 unspecified atom stereocenters. The smallest absolute Gasteiger partial charge is 0.342 e. The van der Waals surface area contributed by atoms with E-state index >= 15 is 0 Å². The second-order valence-electron chi connectivity index (χ2n) is 3.76. The van der Waals surface area contributed by atoms with E-state index in [0.29, 0.717) is 22.6 Å². The van der Waals surface area contributed by atoms with Crippen LogP contribution in [0.5, 0.6) is 5.75 Å². The van der Waals surface area contributed by atoms with Gasteiger partial charge >= 0.3 is 5.97 Å². The highest BCUT2D eigenvalue weighted by atomic mass is 16.5. The molecule has 4 heteroatoms. The minimum atomic E-state index is -0.434. The van der Waals surface area contributed by atoms with Crippen molar-refractivity contribution in [3.05, 3.63) is 53.5 Å². The van der Waals surface area contributed by atoms with Gasteiger partial charge in [0.25, 0.3) is 0 Å². The molecule has 2 aromatic rings. The first-order chi connectivity index (χ1) is 9.26. The number of ether oxygens (including phenoxy) is 2. The minimum absolute atomic E-state index is 0.398. The number of methoxy groups -OCH3 is 2. The maximum absolute atomic E-state index is 11.8. The summed E-state index contributed by atoms with van der Waals surface area (Å²) in [5.74, 6) is 0.753. The monoisotopic (exact) mass is 258 g/mol. The molecule has 1 heterocycles. The van der Waals surface area contributed by atoms with Gasteiger partial charge < -0.3 is 13.9 Å². The summed E-state index contributed by atoms with van der Waals surface area (Å²) >= 11 is 0. The summed E-state index contributed by atoms with van der Waals surface area (Å²) in [6.45, 7) is 0. The number of carbonyl (C=O) groups excluding carboxylic acids is 1. The van der Waals surface area contributed by atoms with Crippen molar-refractivity contribution in [2.75, 3.05) is 14.2 Å². The molecule has 0 spiro atoms. The van der Waals surface area contributed by atoms with Gasteiger partial charge in [0.2, 0.25) is 0 Å². The molecule has 0 aliphatic heterocycles. The Morgan fingerprint density at radius 1 is 1.16 bits per heavy atom. The van der Waals surface area contributed by atoms with Crippen LogP contribution in [-0.2, 0) is 4.74 Å². The van der Waals surface area contributed by atoms with E-state index in [0.717, 1.165) is 0 Å². The van der Waals surface area contributed by atoms with Crippen LogP contribution in [0.25, 0.3) is 12.2 Å². The summed E-state index contributed by atoms with van der Waals surface area (Å²) < 4.78 is 15.2. The second-order valence-corrected chi connectivity index (χ2v) is 3.76. The number of hydrogen-bond acceptors (Lipinski definition) is 4. The first-order valence-electron chi connectivity index (χ1n) is 5.73. The van der Waals surface area contributed by atoms with Crippen molar-refractivity contribution in [2.45, 2.75) is 0 Å². The predicted molar refractivity (Wildman–Crippen MR) is 72.0 cm³/mol. The molecule has 0 radical (unpaired) electrons. The summed E-state index contributed by atoms with van der Waals surface area (Å²) in [4.78, 5) is 11.8. The Balaban J connectivity index is 2.42. The molecular weight excluding hydrogens is 244 g/mol. The molecule has 0 saturated carbocycles. The zero-order valence-electron chi connectivity index (χ0n) is 10.8. The van der Waals surface area contributed by atoms with Crippen LogP contribution in [0, 0.1) is 0 Å². The minimum Gasteiger partial charge on any atom is -0.496 e. The van der Waals surface area contributed by atoms with Crippen LogP contribution < -0.4 is 4.74 Å². The van der Waals surface area contributed by atoms with Gasteiger partial charge in [0, 0.05) is 0 Å². The van der Waals surface area contributed by atoms with Gasteiger partial charge in [-0.05, 0) is 29.8 Å². The zero-order chi connectivity index (χ0) is 13.7. The Bertz CT molecular complexity index is 582. The average Bonchev–Trinajstić information content (AvgIpc) is 2.97. The van der Waals surface area contributed by atoms with Gasteiger partial charge in [0.05, 0.1) is 20.5 Å². The third-order valence-electron chi connectivity index (χ3n) is 2.64. The molecule has 0 atom stereocenters. The maximum atomic E-state index is 11.8. The van der Waals surface area contributed by atoms with E-state index in [2.05, 4.69) is 0 Å². The van der Waals surface area contributed by atoms with Crippen molar-refractivity contribution in [1.82, 2.24) is 0 Å². The summed E-state index contributed by atoms with van der Waals surface area (Å²) in [5, 5.41) is 0. The van der Waals surface area contributed by atoms with Crippen LogP contribution in [-0.4, -0.2) is 20.2 Å². The summed E-state index contributed by atoms with van der Waals surface area (Å²) in [6, 6.07) is 8.97. The second kappa shape index (κ2) is 5.91. The van der Waals surface area contributed by atoms with E-state index in [-0.39, 0.29) is 0 Å². The van der Waals surface area contributed by atoms with Gasteiger partial charge in [0.15, 0.2) is 0 Å². The summed E-state index contributed by atoms with van der Waals surface area (Å²) in [5.41, 5.74) is 1.11. The largest absolute Gasteiger partial charge is 0.496 e. The van der Waals surface area contributed by atoms with Crippen molar-refractivity contribution in [2.24, 2.45) is 0 Å². The molecule has 19 heavy (non-hydrogen) atoms. The molecule has 0 fully saturated rings. The molecule has 0 bridgehead atoms. The maximum Gasteiger partial charge on any atom is 0.342 e. The van der Waals surface area contributed by atoms with Crippen molar-refractivity contribution in [1.29, 1.82) is 0 Å². The van der Waals surface area contributed by atoms with Crippen molar-refractivity contribution >= 4 is 18.1 Å². The summed E-state index contributed by atoms with van der Waals surface area (Å²) in [7, 11) is 2.86. The van der Waals surface area contributed by atoms with E-state index in [4.69, 9.17) is 13.9 Å². The molecule has 1 aromatic carbocycles. The molecular formula is C15H14O4. The lowest BCUT2D eigenvalue weighted by Gasteiger charge is -2.09. The van der Waals surface area contributed by atoms with Crippen molar-refractivity contribution in [3.63, 3.8) is 0 Å². The van der Waals surface area contributed by atoms with E-state index < -0.39 is 5.97 Å². The molecule has 0 saturated heterocycles. The highest BCUT2D eigenvalue weighted by molar-refractivity contribution is 5.97. The Hall–Kier alpha value is -2.49. The number of hydrogen-bond donors (Lipinski definition) is 0. The third kappa shape index (κ3) is 2.85. The standard InChI is InChI=1S/C15H14O4/c1-17-13-7-3-5-11(14(13)15(16)18-2)8-9-12-6-4-10-19-12/h3-10H,1-2H3/b9-8+. The fraction of sp³-hybridized carbons (Fsp3) is 0.133. The number of carbonyl (C=O) groups is 1. The SMILES string of the molecule is COC(=O)c1c(/C=C/c2ccco2)cccc1OC. The highest BCUT2D eigenvalue weighted by Crippen LogP contribution is 2.24. The molecule has 0 amide bonds. The topological polar surface area (TPSA) is 48.7 Å². The van der Waals surface area contributed by atoms with Gasteiger partial charge in [-0.3, -0.25) is 0 Å². The molecule has 0 aliphatic rings.